The Balaban J connectivity index is 1.69. The molecule has 21 heavy (non-hydrogen) atoms. The first-order valence-electron chi connectivity index (χ1n) is 7.69. The summed E-state index contributed by atoms with van der Waals surface area (Å²) in [7, 11) is 0. The summed E-state index contributed by atoms with van der Waals surface area (Å²) in [5.74, 6) is 0.233. The standard InChI is InChI=1S/C18H21NO2/c20-17(12-19-18(21)14-7-1-2-8-14)16-11-5-9-13-6-3-4-10-15(13)16/h3-6,9-11,14,17,20H,1-2,7-8,12H2,(H,19,21). The monoisotopic (exact) mass is 283 g/mol. The summed E-state index contributed by atoms with van der Waals surface area (Å²) in [5.41, 5.74) is 0.875. The van der Waals surface area contributed by atoms with Gasteiger partial charge in [0.1, 0.15) is 0 Å². The zero-order chi connectivity index (χ0) is 14.7. The lowest BCUT2D eigenvalue weighted by molar-refractivity contribution is -0.125. The van der Waals surface area contributed by atoms with Crippen molar-refractivity contribution in [2.45, 2.75) is 31.8 Å². The van der Waals surface area contributed by atoms with Gasteiger partial charge in [0.05, 0.1) is 6.10 Å². The molecule has 1 saturated carbocycles. The van der Waals surface area contributed by atoms with Gasteiger partial charge in [0, 0.05) is 12.5 Å². The molecule has 0 aliphatic heterocycles. The predicted molar refractivity (Wildman–Crippen MR) is 83.9 cm³/mol. The Morgan fingerprint density at radius 1 is 1.14 bits per heavy atom. The van der Waals surface area contributed by atoms with E-state index < -0.39 is 6.10 Å². The number of amides is 1. The minimum atomic E-state index is -0.665. The second-order valence-electron chi connectivity index (χ2n) is 5.81. The summed E-state index contributed by atoms with van der Waals surface area (Å²) in [5, 5.41) is 15.4. The van der Waals surface area contributed by atoms with Gasteiger partial charge in [-0.2, -0.15) is 0 Å². The highest BCUT2D eigenvalue weighted by Gasteiger charge is 2.23. The molecule has 0 aromatic heterocycles. The Bertz CT molecular complexity index is 627. The number of carbonyl (C=O) groups is 1. The van der Waals surface area contributed by atoms with Gasteiger partial charge in [-0.3, -0.25) is 4.79 Å². The highest BCUT2D eigenvalue weighted by atomic mass is 16.3. The Kier molecular flexibility index (Phi) is 4.20. The van der Waals surface area contributed by atoms with Crippen molar-refractivity contribution >= 4 is 16.7 Å². The molecule has 2 aromatic carbocycles. The third kappa shape index (κ3) is 3.08. The number of fused-ring (bicyclic) bond motifs is 1. The summed E-state index contributed by atoms with van der Waals surface area (Å²) < 4.78 is 0. The maximum absolute atomic E-state index is 12.0. The fourth-order valence-corrected chi connectivity index (χ4v) is 3.18. The number of nitrogens with one attached hydrogen (secondary N) is 1. The molecule has 0 saturated heterocycles. The van der Waals surface area contributed by atoms with Gasteiger partial charge in [-0.15, -0.1) is 0 Å². The molecule has 2 aromatic rings. The average molecular weight is 283 g/mol. The molecule has 110 valence electrons. The molecule has 2 N–H and O–H groups in total. The zero-order valence-corrected chi connectivity index (χ0v) is 12.1. The molecule has 3 nitrogen and oxygen atoms in total. The lowest BCUT2D eigenvalue weighted by Gasteiger charge is -2.16. The quantitative estimate of drug-likeness (QED) is 0.905. The van der Waals surface area contributed by atoms with Crippen LogP contribution in [0.25, 0.3) is 10.8 Å². The van der Waals surface area contributed by atoms with Crippen molar-refractivity contribution in [1.82, 2.24) is 5.32 Å². The van der Waals surface area contributed by atoms with Gasteiger partial charge < -0.3 is 10.4 Å². The maximum atomic E-state index is 12.0. The average Bonchev–Trinajstić information content (AvgIpc) is 3.06. The first kappa shape index (κ1) is 14.1. The summed E-state index contributed by atoms with van der Waals surface area (Å²) in [6, 6.07) is 13.9. The van der Waals surface area contributed by atoms with Crippen LogP contribution < -0.4 is 5.32 Å². The predicted octanol–water partition coefficient (Wildman–Crippen LogP) is 3.18. The number of rotatable bonds is 4. The molecule has 0 heterocycles. The molecule has 3 rings (SSSR count). The van der Waals surface area contributed by atoms with Gasteiger partial charge in [-0.05, 0) is 29.2 Å². The minimum Gasteiger partial charge on any atom is -0.387 e. The molecule has 0 bridgehead atoms. The van der Waals surface area contributed by atoms with Crippen molar-refractivity contribution in [3.05, 3.63) is 48.0 Å². The molecular weight excluding hydrogens is 262 g/mol. The van der Waals surface area contributed by atoms with E-state index in [4.69, 9.17) is 0 Å². The van der Waals surface area contributed by atoms with Crippen LogP contribution >= 0.6 is 0 Å². The Morgan fingerprint density at radius 2 is 1.86 bits per heavy atom. The lowest BCUT2D eigenvalue weighted by Crippen LogP contribution is -2.32. The van der Waals surface area contributed by atoms with Gasteiger partial charge in [0.15, 0.2) is 0 Å². The normalized spacial score (nSPS) is 17.0. The van der Waals surface area contributed by atoms with Crippen molar-refractivity contribution in [2.75, 3.05) is 6.54 Å². The molecule has 1 unspecified atom stereocenters. The smallest absolute Gasteiger partial charge is 0.223 e. The van der Waals surface area contributed by atoms with Gasteiger partial charge in [-0.25, -0.2) is 0 Å². The molecule has 0 spiro atoms. The second-order valence-corrected chi connectivity index (χ2v) is 5.81. The Labute approximate surface area is 125 Å². The molecule has 0 radical (unpaired) electrons. The van der Waals surface area contributed by atoms with Crippen molar-refractivity contribution in [3.8, 4) is 0 Å². The number of benzene rings is 2. The zero-order valence-electron chi connectivity index (χ0n) is 12.1. The van der Waals surface area contributed by atoms with E-state index in [1.807, 2.05) is 42.5 Å². The third-order valence-corrected chi connectivity index (χ3v) is 4.38. The van der Waals surface area contributed by atoms with Crippen molar-refractivity contribution in [1.29, 1.82) is 0 Å². The lowest BCUT2D eigenvalue weighted by atomic mass is 10.00. The summed E-state index contributed by atoms with van der Waals surface area (Å²) >= 11 is 0. The number of aliphatic hydroxyl groups is 1. The fraction of sp³-hybridized carbons (Fsp3) is 0.389. The number of hydrogen-bond acceptors (Lipinski definition) is 2. The van der Waals surface area contributed by atoms with Gasteiger partial charge >= 0.3 is 0 Å². The SMILES string of the molecule is O=C(NCC(O)c1cccc2ccccc12)C1CCCC1. The van der Waals surface area contributed by atoms with Crippen LogP contribution in [0.1, 0.15) is 37.4 Å². The van der Waals surface area contributed by atoms with E-state index in [9.17, 15) is 9.90 Å². The topological polar surface area (TPSA) is 49.3 Å². The number of aliphatic hydroxyl groups excluding tert-OH is 1. The van der Waals surface area contributed by atoms with Crippen molar-refractivity contribution in [3.63, 3.8) is 0 Å². The van der Waals surface area contributed by atoms with E-state index in [1.54, 1.807) is 0 Å². The maximum Gasteiger partial charge on any atom is 0.223 e. The van der Waals surface area contributed by atoms with E-state index in [-0.39, 0.29) is 18.4 Å². The summed E-state index contributed by atoms with van der Waals surface area (Å²) in [6.45, 7) is 0.281. The van der Waals surface area contributed by atoms with E-state index in [1.165, 1.54) is 0 Å². The summed E-state index contributed by atoms with van der Waals surface area (Å²) in [4.78, 5) is 12.0. The third-order valence-electron chi connectivity index (χ3n) is 4.38. The van der Waals surface area contributed by atoms with E-state index >= 15 is 0 Å². The van der Waals surface area contributed by atoms with Crippen LogP contribution in [-0.2, 0) is 4.79 Å². The minimum absolute atomic E-state index is 0.0896. The van der Waals surface area contributed by atoms with Crippen LogP contribution in [0.5, 0.6) is 0 Å². The highest BCUT2D eigenvalue weighted by Crippen LogP contribution is 2.26. The molecule has 1 fully saturated rings. The van der Waals surface area contributed by atoms with Crippen LogP contribution in [0.2, 0.25) is 0 Å². The molecular formula is C18H21NO2. The number of carbonyl (C=O) groups excluding carboxylic acids is 1. The molecule has 1 atom stereocenters. The van der Waals surface area contributed by atoms with E-state index in [0.717, 1.165) is 42.0 Å². The second kappa shape index (κ2) is 6.27. The largest absolute Gasteiger partial charge is 0.387 e. The van der Waals surface area contributed by atoms with Crippen LogP contribution in [0.3, 0.4) is 0 Å². The van der Waals surface area contributed by atoms with Crippen LogP contribution in [0.4, 0.5) is 0 Å². The fourth-order valence-electron chi connectivity index (χ4n) is 3.18. The van der Waals surface area contributed by atoms with Crippen LogP contribution in [0.15, 0.2) is 42.5 Å². The van der Waals surface area contributed by atoms with Crippen molar-refractivity contribution < 1.29 is 9.90 Å². The summed E-state index contributed by atoms with van der Waals surface area (Å²) in [6.07, 6.45) is 3.58. The Morgan fingerprint density at radius 3 is 2.67 bits per heavy atom. The van der Waals surface area contributed by atoms with Crippen molar-refractivity contribution in [2.24, 2.45) is 5.92 Å². The highest BCUT2D eigenvalue weighted by molar-refractivity contribution is 5.86. The van der Waals surface area contributed by atoms with E-state index in [2.05, 4.69) is 5.32 Å². The van der Waals surface area contributed by atoms with Crippen LogP contribution in [0, 0.1) is 5.92 Å². The van der Waals surface area contributed by atoms with Gasteiger partial charge in [0.2, 0.25) is 5.91 Å². The van der Waals surface area contributed by atoms with E-state index in [0.29, 0.717) is 0 Å². The first-order valence-corrected chi connectivity index (χ1v) is 7.69. The van der Waals surface area contributed by atoms with Gasteiger partial charge in [-0.1, -0.05) is 55.3 Å². The number of hydrogen-bond donors (Lipinski definition) is 2. The molecule has 3 heteroatoms. The Hall–Kier alpha value is -1.87. The molecule has 1 amide bonds. The van der Waals surface area contributed by atoms with Crippen LogP contribution in [-0.4, -0.2) is 17.6 Å². The first-order chi connectivity index (χ1) is 10.3. The van der Waals surface area contributed by atoms with Gasteiger partial charge in [0.25, 0.3) is 0 Å². The molecule has 1 aliphatic carbocycles. The molecule has 1 aliphatic rings.